The summed E-state index contributed by atoms with van der Waals surface area (Å²) in [7, 11) is 0. The highest BCUT2D eigenvalue weighted by atomic mass is 35.5. The molecule has 24 heavy (non-hydrogen) atoms. The molecular weight excluding hydrogens is 328 g/mol. The second-order valence-corrected chi connectivity index (χ2v) is 6.23. The summed E-state index contributed by atoms with van der Waals surface area (Å²) < 4.78 is 0. The maximum atomic E-state index is 12.6. The molecule has 124 valence electrons. The van der Waals surface area contributed by atoms with Crippen molar-refractivity contribution >= 4 is 29.2 Å². The van der Waals surface area contributed by atoms with Crippen molar-refractivity contribution in [3.63, 3.8) is 0 Å². The van der Waals surface area contributed by atoms with Gasteiger partial charge in [0, 0.05) is 24.6 Å². The number of aromatic carboxylic acids is 1. The molecule has 0 saturated carbocycles. The van der Waals surface area contributed by atoms with Crippen molar-refractivity contribution in [1.82, 2.24) is 4.98 Å². The summed E-state index contributed by atoms with van der Waals surface area (Å²) in [5.74, 6) is -0.613. The predicted molar refractivity (Wildman–Crippen MR) is 91.9 cm³/mol. The van der Waals surface area contributed by atoms with Gasteiger partial charge in [-0.2, -0.15) is 0 Å². The Morgan fingerprint density at radius 2 is 1.92 bits per heavy atom. The van der Waals surface area contributed by atoms with Crippen LogP contribution in [-0.2, 0) is 0 Å². The molecule has 1 aromatic carbocycles. The van der Waals surface area contributed by atoms with Crippen LogP contribution in [0.2, 0.25) is 5.02 Å². The van der Waals surface area contributed by atoms with Gasteiger partial charge in [0.1, 0.15) is 5.82 Å². The monoisotopic (exact) mass is 344 g/mol. The number of pyridine rings is 1. The van der Waals surface area contributed by atoms with Crippen LogP contribution in [0.3, 0.4) is 0 Å². The minimum absolute atomic E-state index is 0.111. The zero-order valence-corrected chi connectivity index (χ0v) is 13.7. The SMILES string of the molecule is O=C(O)c1nc(N2CCCC(C(=O)c3ccccc3)C2)ccc1Cl. The van der Waals surface area contributed by atoms with E-state index in [1.54, 1.807) is 6.07 Å². The lowest BCUT2D eigenvalue weighted by molar-refractivity contribution is 0.0690. The minimum atomic E-state index is -1.16. The fourth-order valence-electron chi connectivity index (χ4n) is 3.00. The van der Waals surface area contributed by atoms with E-state index in [2.05, 4.69) is 4.98 Å². The maximum Gasteiger partial charge on any atom is 0.356 e. The Bertz CT molecular complexity index is 764. The van der Waals surface area contributed by atoms with Crippen molar-refractivity contribution in [2.24, 2.45) is 5.92 Å². The van der Waals surface area contributed by atoms with Gasteiger partial charge in [-0.15, -0.1) is 0 Å². The fourth-order valence-corrected chi connectivity index (χ4v) is 3.18. The number of carboxylic acid groups (broad SMARTS) is 1. The number of carboxylic acids is 1. The van der Waals surface area contributed by atoms with Crippen LogP contribution in [0.1, 0.15) is 33.7 Å². The van der Waals surface area contributed by atoms with Crippen LogP contribution in [0.25, 0.3) is 0 Å². The van der Waals surface area contributed by atoms with Crippen molar-refractivity contribution in [3.05, 3.63) is 58.7 Å². The van der Waals surface area contributed by atoms with Crippen molar-refractivity contribution < 1.29 is 14.7 Å². The summed E-state index contributed by atoms with van der Waals surface area (Å²) in [6.07, 6.45) is 1.68. The van der Waals surface area contributed by atoms with Gasteiger partial charge in [-0.25, -0.2) is 9.78 Å². The molecule has 1 aromatic heterocycles. The molecule has 1 saturated heterocycles. The second-order valence-electron chi connectivity index (χ2n) is 5.82. The Balaban J connectivity index is 1.80. The zero-order chi connectivity index (χ0) is 17.1. The molecule has 0 spiro atoms. The number of nitrogens with zero attached hydrogens (tertiary/aromatic N) is 2. The molecule has 1 unspecified atom stereocenters. The Morgan fingerprint density at radius 3 is 2.62 bits per heavy atom. The third kappa shape index (κ3) is 3.41. The van der Waals surface area contributed by atoms with Crippen molar-refractivity contribution in [2.45, 2.75) is 12.8 Å². The normalized spacial score (nSPS) is 17.5. The minimum Gasteiger partial charge on any atom is -0.476 e. The second kappa shape index (κ2) is 7.01. The Labute approximate surface area is 144 Å². The first kappa shape index (κ1) is 16.5. The molecule has 3 rings (SSSR count). The van der Waals surface area contributed by atoms with Crippen LogP contribution in [0.15, 0.2) is 42.5 Å². The van der Waals surface area contributed by atoms with Gasteiger partial charge in [-0.05, 0) is 25.0 Å². The van der Waals surface area contributed by atoms with Gasteiger partial charge >= 0.3 is 5.97 Å². The largest absolute Gasteiger partial charge is 0.476 e. The topological polar surface area (TPSA) is 70.5 Å². The van der Waals surface area contributed by atoms with Crippen LogP contribution in [-0.4, -0.2) is 34.9 Å². The third-order valence-corrected chi connectivity index (χ3v) is 4.51. The summed E-state index contributed by atoms with van der Waals surface area (Å²) in [6, 6.07) is 12.5. The Morgan fingerprint density at radius 1 is 1.17 bits per heavy atom. The molecule has 1 aliphatic heterocycles. The van der Waals surface area contributed by atoms with E-state index in [-0.39, 0.29) is 22.4 Å². The van der Waals surface area contributed by atoms with E-state index in [4.69, 9.17) is 16.7 Å². The number of Topliss-reactive ketones (excluding diaryl/α,β-unsaturated/α-hetero) is 1. The number of benzene rings is 1. The van der Waals surface area contributed by atoms with Crippen LogP contribution < -0.4 is 4.90 Å². The fraction of sp³-hybridized carbons (Fsp3) is 0.278. The predicted octanol–water partition coefficient (Wildman–Crippen LogP) is 3.53. The first-order valence-corrected chi connectivity index (χ1v) is 8.18. The molecule has 0 radical (unpaired) electrons. The van der Waals surface area contributed by atoms with E-state index in [0.29, 0.717) is 17.9 Å². The first-order valence-electron chi connectivity index (χ1n) is 7.80. The quantitative estimate of drug-likeness (QED) is 0.859. The van der Waals surface area contributed by atoms with Gasteiger partial charge in [0.25, 0.3) is 0 Å². The third-order valence-electron chi connectivity index (χ3n) is 4.21. The summed E-state index contributed by atoms with van der Waals surface area (Å²) in [6.45, 7) is 1.27. The number of ketones is 1. The lowest BCUT2D eigenvalue weighted by Gasteiger charge is -2.33. The lowest BCUT2D eigenvalue weighted by Crippen LogP contribution is -2.39. The lowest BCUT2D eigenvalue weighted by atomic mass is 9.90. The van der Waals surface area contributed by atoms with Crippen molar-refractivity contribution in [1.29, 1.82) is 0 Å². The van der Waals surface area contributed by atoms with Gasteiger partial charge < -0.3 is 10.0 Å². The standard InChI is InChI=1S/C18H17ClN2O3/c19-14-8-9-15(20-16(14)18(23)24)21-10-4-7-13(11-21)17(22)12-5-2-1-3-6-12/h1-3,5-6,8-9,13H,4,7,10-11H2,(H,23,24). The summed E-state index contributed by atoms with van der Waals surface area (Å²) in [5, 5.41) is 9.27. The smallest absolute Gasteiger partial charge is 0.356 e. The molecule has 2 aromatic rings. The van der Waals surface area contributed by atoms with E-state index in [9.17, 15) is 9.59 Å². The Kier molecular flexibility index (Phi) is 4.81. The molecule has 0 amide bonds. The molecule has 0 bridgehead atoms. The van der Waals surface area contributed by atoms with Crippen LogP contribution >= 0.6 is 11.6 Å². The number of aromatic nitrogens is 1. The molecule has 0 aliphatic carbocycles. The van der Waals surface area contributed by atoms with Crippen molar-refractivity contribution in [2.75, 3.05) is 18.0 Å². The van der Waals surface area contributed by atoms with Crippen LogP contribution in [0.5, 0.6) is 0 Å². The molecule has 1 fully saturated rings. The number of halogens is 1. The van der Waals surface area contributed by atoms with E-state index in [1.165, 1.54) is 6.07 Å². The number of anilines is 1. The average Bonchev–Trinajstić information content (AvgIpc) is 2.62. The number of hydrogen-bond acceptors (Lipinski definition) is 4. The number of carbonyl (C=O) groups excluding carboxylic acids is 1. The van der Waals surface area contributed by atoms with E-state index in [1.807, 2.05) is 35.2 Å². The highest BCUT2D eigenvalue weighted by molar-refractivity contribution is 6.33. The van der Waals surface area contributed by atoms with E-state index >= 15 is 0 Å². The van der Waals surface area contributed by atoms with E-state index < -0.39 is 5.97 Å². The molecule has 1 aliphatic rings. The molecular formula is C18H17ClN2O3. The number of hydrogen-bond donors (Lipinski definition) is 1. The van der Waals surface area contributed by atoms with Crippen molar-refractivity contribution in [3.8, 4) is 0 Å². The Hall–Kier alpha value is -2.40. The van der Waals surface area contributed by atoms with Gasteiger partial charge in [-0.3, -0.25) is 4.79 Å². The van der Waals surface area contributed by atoms with Crippen LogP contribution in [0, 0.1) is 5.92 Å². The zero-order valence-electron chi connectivity index (χ0n) is 13.0. The molecule has 6 heteroatoms. The molecule has 1 atom stereocenters. The highest BCUT2D eigenvalue weighted by Gasteiger charge is 2.27. The molecule has 5 nitrogen and oxygen atoms in total. The number of piperidine rings is 1. The molecule has 1 N–H and O–H groups in total. The average molecular weight is 345 g/mol. The van der Waals surface area contributed by atoms with Gasteiger partial charge in [0.15, 0.2) is 11.5 Å². The summed E-state index contributed by atoms with van der Waals surface area (Å²) in [5.41, 5.74) is 0.547. The van der Waals surface area contributed by atoms with Gasteiger partial charge in [0.2, 0.25) is 0 Å². The highest BCUT2D eigenvalue weighted by Crippen LogP contribution is 2.26. The summed E-state index contributed by atoms with van der Waals surface area (Å²) >= 11 is 5.87. The van der Waals surface area contributed by atoms with Gasteiger partial charge in [0.05, 0.1) is 5.02 Å². The molecule has 2 heterocycles. The number of carbonyl (C=O) groups is 2. The summed E-state index contributed by atoms with van der Waals surface area (Å²) in [4.78, 5) is 29.9. The maximum absolute atomic E-state index is 12.6. The number of rotatable bonds is 4. The first-order chi connectivity index (χ1) is 11.6. The van der Waals surface area contributed by atoms with E-state index in [0.717, 1.165) is 19.4 Å². The van der Waals surface area contributed by atoms with Gasteiger partial charge in [-0.1, -0.05) is 41.9 Å². The van der Waals surface area contributed by atoms with Crippen LogP contribution in [0.4, 0.5) is 5.82 Å².